The molecule has 0 saturated carbocycles. The zero-order valence-electron chi connectivity index (χ0n) is 9.86. The van der Waals surface area contributed by atoms with E-state index < -0.39 is 6.04 Å². The standard InChI is InChI=1S/C11H20N4O/c1-3-4-5-10(12)11(16)15-8(2)9-6-13-14-7-9/h6-8,10H,3-5,12H2,1-2H3,(H,13,14)(H,15,16)/t8?,10-/m0/s1. The molecule has 2 atom stereocenters. The first-order valence-corrected chi connectivity index (χ1v) is 5.69. The van der Waals surface area contributed by atoms with E-state index in [2.05, 4.69) is 22.4 Å². The third-order valence-electron chi connectivity index (χ3n) is 2.58. The highest BCUT2D eigenvalue weighted by Gasteiger charge is 2.16. The van der Waals surface area contributed by atoms with Gasteiger partial charge in [-0.2, -0.15) is 5.10 Å². The van der Waals surface area contributed by atoms with Gasteiger partial charge in [-0.05, 0) is 13.3 Å². The molecule has 0 aliphatic rings. The third kappa shape index (κ3) is 3.66. The Labute approximate surface area is 95.8 Å². The number of carbonyl (C=O) groups is 1. The minimum absolute atomic E-state index is 0.0565. The van der Waals surface area contributed by atoms with Gasteiger partial charge in [0.05, 0.1) is 18.3 Å². The highest BCUT2D eigenvalue weighted by atomic mass is 16.2. The summed E-state index contributed by atoms with van der Waals surface area (Å²) in [7, 11) is 0. The van der Waals surface area contributed by atoms with Gasteiger partial charge < -0.3 is 11.1 Å². The Morgan fingerprint density at radius 2 is 2.44 bits per heavy atom. The molecule has 0 spiro atoms. The topological polar surface area (TPSA) is 83.8 Å². The monoisotopic (exact) mass is 224 g/mol. The summed E-state index contributed by atoms with van der Waals surface area (Å²) >= 11 is 0. The molecule has 16 heavy (non-hydrogen) atoms. The van der Waals surface area contributed by atoms with E-state index in [4.69, 9.17) is 5.73 Å². The largest absolute Gasteiger partial charge is 0.348 e. The lowest BCUT2D eigenvalue weighted by atomic mass is 10.1. The van der Waals surface area contributed by atoms with Crippen molar-refractivity contribution in [3.8, 4) is 0 Å². The van der Waals surface area contributed by atoms with Gasteiger partial charge >= 0.3 is 0 Å². The minimum atomic E-state index is -0.408. The Morgan fingerprint density at radius 3 is 3.00 bits per heavy atom. The quantitative estimate of drug-likeness (QED) is 0.676. The number of amides is 1. The SMILES string of the molecule is CCCC[C@H](N)C(=O)NC(C)c1cn[nH]c1. The highest BCUT2D eigenvalue weighted by Crippen LogP contribution is 2.09. The Morgan fingerprint density at radius 1 is 1.69 bits per heavy atom. The second-order valence-corrected chi connectivity index (χ2v) is 4.01. The predicted octanol–water partition coefficient (Wildman–Crippen LogP) is 1.10. The molecule has 4 N–H and O–H groups in total. The molecule has 1 rings (SSSR count). The summed E-state index contributed by atoms with van der Waals surface area (Å²) in [5.41, 5.74) is 6.72. The predicted molar refractivity (Wildman–Crippen MR) is 62.6 cm³/mol. The van der Waals surface area contributed by atoms with Crippen LogP contribution in [0.25, 0.3) is 0 Å². The number of nitrogens with one attached hydrogen (secondary N) is 2. The number of aromatic nitrogens is 2. The van der Waals surface area contributed by atoms with Crippen LogP contribution in [0.5, 0.6) is 0 Å². The smallest absolute Gasteiger partial charge is 0.237 e. The highest BCUT2D eigenvalue weighted by molar-refractivity contribution is 5.81. The molecule has 1 aromatic heterocycles. The molecule has 0 saturated heterocycles. The average Bonchev–Trinajstić information content (AvgIpc) is 2.79. The Kier molecular flexibility index (Phi) is 4.98. The molecule has 5 nitrogen and oxygen atoms in total. The van der Waals surface area contributed by atoms with E-state index in [1.165, 1.54) is 0 Å². The van der Waals surface area contributed by atoms with Crippen molar-refractivity contribution in [3.05, 3.63) is 18.0 Å². The van der Waals surface area contributed by atoms with Crippen molar-refractivity contribution in [3.63, 3.8) is 0 Å². The number of nitrogens with two attached hydrogens (primary N) is 1. The van der Waals surface area contributed by atoms with Crippen molar-refractivity contribution in [2.75, 3.05) is 0 Å². The van der Waals surface area contributed by atoms with E-state index in [0.29, 0.717) is 0 Å². The molecule has 1 aromatic rings. The molecule has 0 aliphatic carbocycles. The number of nitrogens with zero attached hydrogens (tertiary/aromatic N) is 1. The van der Waals surface area contributed by atoms with Crippen LogP contribution >= 0.6 is 0 Å². The van der Waals surface area contributed by atoms with E-state index in [1.807, 2.05) is 6.92 Å². The van der Waals surface area contributed by atoms with Gasteiger partial charge in [0.15, 0.2) is 0 Å². The summed E-state index contributed by atoms with van der Waals surface area (Å²) in [5.74, 6) is -0.0952. The number of aromatic amines is 1. The average molecular weight is 224 g/mol. The molecule has 0 fully saturated rings. The lowest BCUT2D eigenvalue weighted by Crippen LogP contribution is -2.41. The van der Waals surface area contributed by atoms with Crippen LogP contribution in [-0.4, -0.2) is 22.1 Å². The third-order valence-corrected chi connectivity index (χ3v) is 2.58. The first-order chi connectivity index (χ1) is 7.65. The van der Waals surface area contributed by atoms with Gasteiger partial charge in [-0.15, -0.1) is 0 Å². The Balaban J connectivity index is 2.39. The maximum atomic E-state index is 11.7. The zero-order valence-corrected chi connectivity index (χ0v) is 9.86. The maximum Gasteiger partial charge on any atom is 0.237 e. The van der Waals surface area contributed by atoms with Gasteiger partial charge in [-0.25, -0.2) is 0 Å². The minimum Gasteiger partial charge on any atom is -0.348 e. The molecule has 1 amide bonds. The summed E-state index contributed by atoms with van der Waals surface area (Å²) in [6.45, 7) is 3.99. The summed E-state index contributed by atoms with van der Waals surface area (Å²) in [5, 5.41) is 9.42. The van der Waals surface area contributed by atoms with Crippen LogP contribution < -0.4 is 11.1 Å². The van der Waals surface area contributed by atoms with Crippen LogP contribution in [-0.2, 0) is 4.79 Å². The molecule has 0 aromatic carbocycles. The normalized spacial score (nSPS) is 14.4. The van der Waals surface area contributed by atoms with Crippen LogP contribution in [0.4, 0.5) is 0 Å². The van der Waals surface area contributed by atoms with Gasteiger partial charge in [0.2, 0.25) is 5.91 Å². The fraction of sp³-hybridized carbons (Fsp3) is 0.636. The lowest BCUT2D eigenvalue weighted by Gasteiger charge is -2.16. The van der Waals surface area contributed by atoms with Crippen molar-refractivity contribution in [2.45, 2.75) is 45.2 Å². The number of hydrogen-bond donors (Lipinski definition) is 3. The van der Waals surface area contributed by atoms with E-state index in [0.717, 1.165) is 24.8 Å². The van der Waals surface area contributed by atoms with Crippen molar-refractivity contribution in [1.29, 1.82) is 0 Å². The van der Waals surface area contributed by atoms with E-state index in [-0.39, 0.29) is 11.9 Å². The molecular weight excluding hydrogens is 204 g/mol. The molecule has 90 valence electrons. The fourth-order valence-electron chi connectivity index (χ4n) is 1.46. The van der Waals surface area contributed by atoms with Crippen LogP contribution in [0.2, 0.25) is 0 Å². The molecular formula is C11H20N4O. The van der Waals surface area contributed by atoms with Crippen LogP contribution in [0.3, 0.4) is 0 Å². The van der Waals surface area contributed by atoms with E-state index in [9.17, 15) is 4.79 Å². The van der Waals surface area contributed by atoms with Crippen LogP contribution in [0, 0.1) is 0 Å². The van der Waals surface area contributed by atoms with Gasteiger partial charge in [0.1, 0.15) is 0 Å². The van der Waals surface area contributed by atoms with Crippen molar-refractivity contribution in [1.82, 2.24) is 15.5 Å². The van der Waals surface area contributed by atoms with Crippen molar-refractivity contribution >= 4 is 5.91 Å². The summed E-state index contributed by atoms with van der Waals surface area (Å²) < 4.78 is 0. The van der Waals surface area contributed by atoms with Gasteiger partial charge in [-0.3, -0.25) is 9.89 Å². The zero-order chi connectivity index (χ0) is 12.0. The fourth-order valence-corrected chi connectivity index (χ4v) is 1.46. The van der Waals surface area contributed by atoms with Crippen molar-refractivity contribution < 1.29 is 4.79 Å². The van der Waals surface area contributed by atoms with E-state index >= 15 is 0 Å². The Hall–Kier alpha value is -1.36. The van der Waals surface area contributed by atoms with Crippen LogP contribution in [0.15, 0.2) is 12.4 Å². The molecule has 1 heterocycles. The molecule has 1 unspecified atom stereocenters. The first kappa shape index (κ1) is 12.7. The summed E-state index contributed by atoms with van der Waals surface area (Å²) in [4.78, 5) is 11.7. The van der Waals surface area contributed by atoms with E-state index in [1.54, 1.807) is 12.4 Å². The van der Waals surface area contributed by atoms with Gasteiger partial charge in [0, 0.05) is 11.8 Å². The van der Waals surface area contributed by atoms with Crippen molar-refractivity contribution in [2.24, 2.45) is 5.73 Å². The second-order valence-electron chi connectivity index (χ2n) is 4.01. The van der Waals surface area contributed by atoms with Crippen LogP contribution in [0.1, 0.15) is 44.7 Å². The first-order valence-electron chi connectivity index (χ1n) is 5.69. The number of H-pyrrole nitrogens is 1. The summed E-state index contributed by atoms with van der Waals surface area (Å²) in [6.07, 6.45) is 6.23. The molecule has 0 radical (unpaired) electrons. The molecule has 5 heteroatoms. The Bertz CT molecular complexity index is 310. The number of hydrogen-bond acceptors (Lipinski definition) is 3. The molecule has 0 aliphatic heterocycles. The number of rotatable bonds is 6. The van der Waals surface area contributed by atoms with Gasteiger partial charge in [-0.1, -0.05) is 19.8 Å². The summed E-state index contributed by atoms with van der Waals surface area (Å²) in [6, 6.07) is -0.465. The maximum absolute atomic E-state index is 11.7. The number of carbonyl (C=O) groups excluding carboxylic acids is 1. The lowest BCUT2D eigenvalue weighted by molar-refractivity contribution is -0.123. The number of unbranched alkanes of at least 4 members (excludes halogenated alkanes) is 1. The molecule has 0 bridgehead atoms. The van der Waals surface area contributed by atoms with Gasteiger partial charge in [0.25, 0.3) is 0 Å². The second kappa shape index (κ2) is 6.27.